The van der Waals surface area contributed by atoms with E-state index in [1.54, 1.807) is 0 Å². The maximum Gasteiger partial charge on any atom is 0.0620 e. The second-order valence-electron chi connectivity index (χ2n) is 5.50. The summed E-state index contributed by atoms with van der Waals surface area (Å²) in [7, 11) is 0. The first-order chi connectivity index (χ1) is 8.33. The van der Waals surface area contributed by atoms with E-state index in [2.05, 4.69) is 16.0 Å². The van der Waals surface area contributed by atoms with Crippen LogP contribution in [-0.2, 0) is 6.54 Å². The van der Waals surface area contributed by atoms with Crippen LogP contribution >= 0.6 is 0 Å². The third kappa shape index (κ3) is 2.35. The number of pyridine rings is 1. The van der Waals surface area contributed by atoms with Crippen LogP contribution in [-0.4, -0.2) is 34.2 Å². The molecule has 2 unspecified atom stereocenters. The summed E-state index contributed by atoms with van der Waals surface area (Å²) < 4.78 is 0. The molecule has 3 nitrogen and oxygen atoms in total. The second-order valence-corrected chi connectivity index (χ2v) is 5.50. The lowest BCUT2D eigenvalue weighted by atomic mass is 9.75. The van der Waals surface area contributed by atoms with Crippen LogP contribution in [0.25, 0.3) is 0 Å². The molecule has 1 aromatic rings. The number of aliphatic hydroxyl groups excluding tert-OH is 1. The smallest absolute Gasteiger partial charge is 0.0620 e. The molecule has 0 amide bonds. The number of hydrogen-bond donors (Lipinski definition) is 1. The van der Waals surface area contributed by atoms with Crippen molar-refractivity contribution in [3.8, 4) is 0 Å². The quantitative estimate of drug-likeness (QED) is 0.842. The van der Waals surface area contributed by atoms with E-state index < -0.39 is 0 Å². The van der Waals surface area contributed by atoms with Gasteiger partial charge in [-0.15, -0.1) is 0 Å². The van der Waals surface area contributed by atoms with Crippen LogP contribution < -0.4 is 0 Å². The van der Waals surface area contributed by atoms with Crippen LogP contribution in [0.1, 0.15) is 24.8 Å². The average molecular weight is 232 g/mol. The van der Waals surface area contributed by atoms with E-state index in [9.17, 15) is 5.11 Å². The standard InChI is InChI=1S/C14H20N2O/c17-14-12-4-1-5-13(14)10-16(9-12)8-11-3-2-6-15-7-11/h2-3,6-7,12-14,17H,1,4-5,8-10H2. The van der Waals surface area contributed by atoms with E-state index >= 15 is 0 Å². The minimum atomic E-state index is -0.0473. The summed E-state index contributed by atoms with van der Waals surface area (Å²) in [5.41, 5.74) is 1.28. The summed E-state index contributed by atoms with van der Waals surface area (Å²) >= 11 is 0. The zero-order chi connectivity index (χ0) is 11.7. The summed E-state index contributed by atoms with van der Waals surface area (Å²) in [4.78, 5) is 6.65. The Balaban J connectivity index is 1.66. The Bertz CT molecular complexity index is 354. The minimum absolute atomic E-state index is 0.0473. The van der Waals surface area contributed by atoms with Crippen molar-refractivity contribution in [2.45, 2.75) is 31.9 Å². The maximum absolute atomic E-state index is 10.1. The van der Waals surface area contributed by atoms with Gasteiger partial charge < -0.3 is 5.11 Å². The molecule has 2 aliphatic rings. The van der Waals surface area contributed by atoms with Gasteiger partial charge in [0.15, 0.2) is 0 Å². The number of piperidine rings is 1. The van der Waals surface area contributed by atoms with Gasteiger partial charge in [0.25, 0.3) is 0 Å². The zero-order valence-corrected chi connectivity index (χ0v) is 10.1. The predicted octanol–water partition coefficient (Wildman–Crippen LogP) is 1.67. The van der Waals surface area contributed by atoms with Gasteiger partial charge in [-0.25, -0.2) is 0 Å². The largest absolute Gasteiger partial charge is 0.392 e. The molecule has 17 heavy (non-hydrogen) atoms. The van der Waals surface area contributed by atoms with Gasteiger partial charge in [0.1, 0.15) is 0 Å². The third-order valence-electron chi connectivity index (χ3n) is 4.23. The molecule has 0 spiro atoms. The van der Waals surface area contributed by atoms with Crippen LogP contribution in [0.4, 0.5) is 0 Å². The van der Waals surface area contributed by atoms with E-state index in [0.717, 1.165) is 19.6 Å². The Morgan fingerprint density at radius 2 is 2.06 bits per heavy atom. The highest BCUT2D eigenvalue weighted by atomic mass is 16.3. The van der Waals surface area contributed by atoms with E-state index in [-0.39, 0.29) is 6.10 Å². The topological polar surface area (TPSA) is 36.4 Å². The van der Waals surface area contributed by atoms with Gasteiger partial charge in [0.05, 0.1) is 6.10 Å². The van der Waals surface area contributed by atoms with Gasteiger partial charge >= 0.3 is 0 Å². The number of hydrogen-bond acceptors (Lipinski definition) is 3. The highest BCUT2D eigenvalue weighted by Gasteiger charge is 2.37. The molecule has 0 aromatic carbocycles. The molecule has 0 radical (unpaired) electrons. The van der Waals surface area contributed by atoms with Gasteiger partial charge in [-0.1, -0.05) is 12.5 Å². The molecule has 2 bridgehead atoms. The highest BCUT2D eigenvalue weighted by Crippen LogP contribution is 2.35. The highest BCUT2D eigenvalue weighted by molar-refractivity contribution is 5.08. The van der Waals surface area contributed by atoms with E-state index in [1.807, 2.05) is 18.5 Å². The van der Waals surface area contributed by atoms with Gasteiger partial charge in [-0.05, 0) is 36.3 Å². The summed E-state index contributed by atoms with van der Waals surface area (Å²) in [5.74, 6) is 0.998. The van der Waals surface area contributed by atoms with Crippen molar-refractivity contribution >= 4 is 0 Å². The lowest BCUT2D eigenvalue weighted by Crippen LogP contribution is -2.51. The Morgan fingerprint density at radius 3 is 2.71 bits per heavy atom. The molecule has 3 rings (SSSR count). The molecular formula is C14H20N2O. The van der Waals surface area contributed by atoms with Gasteiger partial charge in [-0.3, -0.25) is 9.88 Å². The van der Waals surface area contributed by atoms with Crippen molar-refractivity contribution in [2.75, 3.05) is 13.1 Å². The molecule has 1 N–H and O–H groups in total. The fourth-order valence-electron chi connectivity index (χ4n) is 3.38. The van der Waals surface area contributed by atoms with E-state index in [4.69, 9.17) is 0 Å². The van der Waals surface area contributed by atoms with Crippen LogP contribution in [0.2, 0.25) is 0 Å². The van der Waals surface area contributed by atoms with Crippen molar-refractivity contribution in [2.24, 2.45) is 11.8 Å². The van der Waals surface area contributed by atoms with Crippen molar-refractivity contribution in [1.82, 2.24) is 9.88 Å². The zero-order valence-electron chi connectivity index (χ0n) is 10.1. The molecule has 1 aliphatic heterocycles. The van der Waals surface area contributed by atoms with E-state index in [1.165, 1.54) is 24.8 Å². The first-order valence-electron chi connectivity index (χ1n) is 6.62. The number of nitrogens with zero attached hydrogens (tertiary/aromatic N) is 2. The summed E-state index contributed by atoms with van der Waals surface area (Å²) in [6, 6.07) is 4.13. The fraction of sp³-hybridized carbons (Fsp3) is 0.643. The Hall–Kier alpha value is -0.930. The molecule has 2 heterocycles. The lowest BCUT2D eigenvalue weighted by molar-refractivity contribution is -0.0517. The second kappa shape index (κ2) is 4.75. The SMILES string of the molecule is OC1C2CCCC1CN(Cc1cccnc1)C2. The molecule has 3 heteroatoms. The monoisotopic (exact) mass is 232 g/mol. The molecule has 2 atom stereocenters. The van der Waals surface area contributed by atoms with Crippen molar-refractivity contribution in [3.05, 3.63) is 30.1 Å². The first kappa shape index (κ1) is 11.2. The number of aromatic nitrogens is 1. The minimum Gasteiger partial charge on any atom is -0.392 e. The van der Waals surface area contributed by atoms with Crippen LogP contribution in [0, 0.1) is 11.8 Å². The van der Waals surface area contributed by atoms with Crippen molar-refractivity contribution < 1.29 is 5.11 Å². The molecule has 1 aromatic heterocycles. The molecule has 1 saturated heterocycles. The van der Waals surface area contributed by atoms with Crippen molar-refractivity contribution in [1.29, 1.82) is 0 Å². The Labute approximate surface area is 102 Å². The molecule has 1 aliphatic carbocycles. The summed E-state index contributed by atoms with van der Waals surface area (Å²) in [6.07, 6.45) is 7.41. The van der Waals surface area contributed by atoms with Crippen molar-refractivity contribution in [3.63, 3.8) is 0 Å². The average Bonchev–Trinajstić information content (AvgIpc) is 2.32. The van der Waals surface area contributed by atoms with Gasteiger partial charge in [-0.2, -0.15) is 0 Å². The fourth-order valence-corrected chi connectivity index (χ4v) is 3.38. The summed E-state index contributed by atoms with van der Waals surface area (Å²) in [5, 5.41) is 10.1. The van der Waals surface area contributed by atoms with Gasteiger partial charge in [0, 0.05) is 32.0 Å². The molecule has 92 valence electrons. The predicted molar refractivity (Wildman–Crippen MR) is 66.4 cm³/mol. The number of likely N-dealkylation sites (tertiary alicyclic amines) is 1. The van der Waals surface area contributed by atoms with Crippen LogP contribution in [0.15, 0.2) is 24.5 Å². The molecule has 1 saturated carbocycles. The number of rotatable bonds is 2. The van der Waals surface area contributed by atoms with Crippen LogP contribution in [0.3, 0.4) is 0 Å². The molecular weight excluding hydrogens is 212 g/mol. The normalized spacial score (nSPS) is 33.6. The number of fused-ring (bicyclic) bond motifs is 2. The molecule has 2 fully saturated rings. The first-order valence-corrected chi connectivity index (χ1v) is 6.62. The third-order valence-corrected chi connectivity index (χ3v) is 4.23. The lowest BCUT2D eigenvalue weighted by Gasteiger charge is -2.45. The number of aliphatic hydroxyl groups is 1. The summed E-state index contributed by atoms with van der Waals surface area (Å²) in [6.45, 7) is 3.08. The van der Waals surface area contributed by atoms with E-state index in [0.29, 0.717) is 11.8 Å². The maximum atomic E-state index is 10.1. The van der Waals surface area contributed by atoms with Gasteiger partial charge in [0.2, 0.25) is 0 Å². The Morgan fingerprint density at radius 1 is 1.29 bits per heavy atom. The Kier molecular flexibility index (Phi) is 3.12. The van der Waals surface area contributed by atoms with Crippen LogP contribution in [0.5, 0.6) is 0 Å².